The molecule has 1 aromatic carbocycles. The van der Waals surface area contributed by atoms with Gasteiger partial charge in [-0.05, 0) is 37.9 Å². The SMILES string of the molecule is COC(=O)CCCn1c([C@H](C)NCC(C)C)nc2ccccc2c1=O. The molecular formula is C19H27N3O3. The molecule has 0 amide bonds. The average molecular weight is 345 g/mol. The molecule has 2 rings (SSSR count). The number of nitrogens with one attached hydrogen (secondary N) is 1. The molecule has 1 N–H and O–H groups in total. The molecule has 0 spiro atoms. The van der Waals surface area contributed by atoms with Crippen LogP contribution in [-0.4, -0.2) is 29.2 Å². The molecule has 0 saturated heterocycles. The minimum absolute atomic E-state index is 0.0576. The average Bonchev–Trinajstić information content (AvgIpc) is 2.61. The maximum absolute atomic E-state index is 12.9. The van der Waals surface area contributed by atoms with Crippen molar-refractivity contribution in [3.05, 3.63) is 40.4 Å². The summed E-state index contributed by atoms with van der Waals surface area (Å²) in [5.41, 5.74) is 0.633. The predicted molar refractivity (Wildman–Crippen MR) is 98.5 cm³/mol. The zero-order chi connectivity index (χ0) is 18.4. The van der Waals surface area contributed by atoms with Crippen LogP contribution in [0.15, 0.2) is 29.1 Å². The van der Waals surface area contributed by atoms with E-state index in [4.69, 9.17) is 4.98 Å². The number of carbonyl (C=O) groups is 1. The highest BCUT2D eigenvalue weighted by atomic mass is 16.5. The van der Waals surface area contributed by atoms with Crippen LogP contribution in [0.4, 0.5) is 0 Å². The number of aromatic nitrogens is 2. The third-order valence-electron chi connectivity index (χ3n) is 4.10. The molecule has 25 heavy (non-hydrogen) atoms. The number of esters is 1. The van der Waals surface area contributed by atoms with Crippen LogP contribution in [0, 0.1) is 5.92 Å². The highest BCUT2D eigenvalue weighted by Gasteiger charge is 2.16. The number of carbonyl (C=O) groups excluding carboxylic acids is 1. The lowest BCUT2D eigenvalue weighted by Crippen LogP contribution is -2.32. The van der Waals surface area contributed by atoms with Crippen molar-refractivity contribution in [2.75, 3.05) is 13.7 Å². The van der Waals surface area contributed by atoms with Crippen LogP contribution in [0.25, 0.3) is 10.9 Å². The molecule has 0 fully saturated rings. The van der Waals surface area contributed by atoms with E-state index in [0.29, 0.717) is 35.6 Å². The van der Waals surface area contributed by atoms with Gasteiger partial charge in [-0.3, -0.25) is 14.2 Å². The summed E-state index contributed by atoms with van der Waals surface area (Å²) in [7, 11) is 1.37. The standard InChI is InChI=1S/C19H27N3O3/c1-13(2)12-20-14(3)18-21-16-9-6-5-8-15(16)19(24)22(18)11-7-10-17(23)25-4/h5-6,8-9,13-14,20H,7,10-12H2,1-4H3/t14-/m0/s1. The van der Waals surface area contributed by atoms with E-state index in [9.17, 15) is 9.59 Å². The number of fused-ring (bicyclic) bond motifs is 1. The second kappa shape index (κ2) is 8.76. The molecule has 1 atom stereocenters. The van der Waals surface area contributed by atoms with Crippen molar-refractivity contribution in [1.82, 2.24) is 14.9 Å². The summed E-state index contributed by atoms with van der Waals surface area (Å²) >= 11 is 0. The fourth-order valence-electron chi connectivity index (χ4n) is 2.72. The van der Waals surface area contributed by atoms with Crippen LogP contribution in [0.2, 0.25) is 0 Å². The lowest BCUT2D eigenvalue weighted by molar-refractivity contribution is -0.140. The number of hydrogen-bond donors (Lipinski definition) is 1. The summed E-state index contributed by atoms with van der Waals surface area (Å²) in [6.45, 7) is 7.56. The molecule has 1 heterocycles. The Morgan fingerprint density at radius 2 is 2.00 bits per heavy atom. The first-order chi connectivity index (χ1) is 11.9. The number of rotatable bonds is 8. The largest absolute Gasteiger partial charge is 0.469 e. The summed E-state index contributed by atoms with van der Waals surface area (Å²) in [6.07, 6.45) is 0.819. The van der Waals surface area contributed by atoms with Crippen LogP contribution in [0.3, 0.4) is 0 Å². The van der Waals surface area contributed by atoms with E-state index in [1.54, 1.807) is 10.6 Å². The predicted octanol–water partition coefficient (Wildman–Crippen LogP) is 2.66. The zero-order valence-corrected chi connectivity index (χ0v) is 15.4. The molecule has 136 valence electrons. The van der Waals surface area contributed by atoms with Gasteiger partial charge in [0.2, 0.25) is 0 Å². The molecule has 0 aliphatic heterocycles. The Bertz CT molecular complexity index is 783. The monoisotopic (exact) mass is 345 g/mol. The van der Waals surface area contributed by atoms with Gasteiger partial charge in [0.05, 0.1) is 24.1 Å². The smallest absolute Gasteiger partial charge is 0.305 e. The number of para-hydroxylation sites is 1. The number of nitrogens with zero attached hydrogens (tertiary/aromatic N) is 2. The molecule has 0 radical (unpaired) electrons. The highest BCUT2D eigenvalue weighted by molar-refractivity contribution is 5.77. The second-order valence-electron chi connectivity index (χ2n) is 6.65. The van der Waals surface area contributed by atoms with Crippen LogP contribution in [0.1, 0.15) is 45.5 Å². The molecule has 6 nitrogen and oxygen atoms in total. The highest BCUT2D eigenvalue weighted by Crippen LogP contribution is 2.15. The van der Waals surface area contributed by atoms with Gasteiger partial charge in [0.1, 0.15) is 5.82 Å². The summed E-state index contributed by atoms with van der Waals surface area (Å²) in [6, 6.07) is 7.31. The van der Waals surface area contributed by atoms with Gasteiger partial charge in [0.25, 0.3) is 5.56 Å². The molecule has 0 bridgehead atoms. The van der Waals surface area contributed by atoms with Crippen LogP contribution < -0.4 is 10.9 Å². The Morgan fingerprint density at radius 3 is 2.68 bits per heavy atom. The van der Waals surface area contributed by atoms with E-state index in [1.807, 2.05) is 25.1 Å². The van der Waals surface area contributed by atoms with Crippen molar-refractivity contribution >= 4 is 16.9 Å². The van der Waals surface area contributed by atoms with Gasteiger partial charge in [-0.1, -0.05) is 26.0 Å². The van der Waals surface area contributed by atoms with E-state index < -0.39 is 0 Å². The molecule has 0 aliphatic rings. The van der Waals surface area contributed by atoms with Gasteiger partial charge in [0.15, 0.2) is 0 Å². The van der Waals surface area contributed by atoms with Crippen molar-refractivity contribution in [3.63, 3.8) is 0 Å². The maximum Gasteiger partial charge on any atom is 0.305 e. The maximum atomic E-state index is 12.9. The molecule has 6 heteroatoms. The van der Waals surface area contributed by atoms with E-state index in [0.717, 1.165) is 6.54 Å². The first kappa shape index (κ1) is 19.1. The van der Waals surface area contributed by atoms with Crippen LogP contribution in [-0.2, 0) is 16.1 Å². The lowest BCUT2D eigenvalue weighted by atomic mass is 10.2. The normalized spacial score (nSPS) is 12.5. The Morgan fingerprint density at radius 1 is 1.28 bits per heavy atom. The number of benzene rings is 1. The van der Waals surface area contributed by atoms with Crippen molar-refractivity contribution < 1.29 is 9.53 Å². The second-order valence-corrected chi connectivity index (χ2v) is 6.65. The minimum Gasteiger partial charge on any atom is -0.469 e. The zero-order valence-electron chi connectivity index (χ0n) is 15.4. The van der Waals surface area contributed by atoms with E-state index in [1.165, 1.54) is 7.11 Å². The first-order valence-electron chi connectivity index (χ1n) is 8.73. The minimum atomic E-state index is -0.269. The Hall–Kier alpha value is -2.21. The van der Waals surface area contributed by atoms with Crippen LogP contribution >= 0.6 is 0 Å². The fraction of sp³-hybridized carbons (Fsp3) is 0.526. The number of methoxy groups -OCH3 is 1. The van der Waals surface area contributed by atoms with Crippen molar-refractivity contribution in [3.8, 4) is 0 Å². The Balaban J connectivity index is 2.36. The summed E-state index contributed by atoms with van der Waals surface area (Å²) in [5, 5.41) is 4.02. The molecule has 2 aromatic rings. The van der Waals surface area contributed by atoms with Crippen molar-refractivity contribution in [1.29, 1.82) is 0 Å². The van der Waals surface area contributed by atoms with Gasteiger partial charge in [-0.25, -0.2) is 4.98 Å². The van der Waals surface area contributed by atoms with E-state index >= 15 is 0 Å². The van der Waals surface area contributed by atoms with Gasteiger partial charge in [-0.15, -0.1) is 0 Å². The Labute approximate surface area is 148 Å². The quantitative estimate of drug-likeness (QED) is 0.745. The van der Waals surface area contributed by atoms with Gasteiger partial charge in [0, 0.05) is 13.0 Å². The molecular weight excluding hydrogens is 318 g/mol. The fourth-order valence-corrected chi connectivity index (χ4v) is 2.72. The summed E-state index contributed by atoms with van der Waals surface area (Å²) in [5.74, 6) is 0.936. The molecule has 0 unspecified atom stereocenters. The summed E-state index contributed by atoms with van der Waals surface area (Å²) in [4.78, 5) is 29.0. The van der Waals surface area contributed by atoms with Gasteiger partial charge >= 0.3 is 5.97 Å². The van der Waals surface area contributed by atoms with Crippen LogP contribution in [0.5, 0.6) is 0 Å². The lowest BCUT2D eigenvalue weighted by Gasteiger charge is -2.20. The third kappa shape index (κ3) is 4.89. The van der Waals surface area contributed by atoms with Crippen molar-refractivity contribution in [2.24, 2.45) is 5.92 Å². The van der Waals surface area contributed by atoms with E-state index in [-0.39, 0.29) is 24.0 Å². The topological polar surface area (TPSA) is 73.2 Å². The number of ether oxygens (including phenoxy) is 1. The first-order valence-corrected chi connectivity index (χ1v) is 8.73. The molecule has 0 aliphatic carbocycles. The molecule has 1 aromatic heterocycles. The van der Waals surface area contributed by atoms with E-state index in [2.05, 4.69) is 23.9 Å². The van der Waals surface area contributed by atoms with Crippen molar-refractivity contribution in [2.45, 2.75) is 46.2 Å². The summed E-state index contributed by atoms with van der Waals surface area (Å²) < 4.78 is 6.36. The Kier molecular flexibility index (Phi) is 6.70. The van der Waals surface area contributed by atoms with Gasteiger partial charge < -0.3 is 10.1 Å². The third-order valence-corrected chi connectivity index (χ3v) is 4.10. The van der Waals surface area contributed by atoms with Gasteiger partial charge in [-0.2, -0.15) is 0 Å². The molecule has 0 saturated carbocycles. The number of hydrogen-bond acceptors (Lipinski definition) is 5.